The predicted octanol–water partition coefficient (Wildman–Crippen LogP) is 1.35. The number of aliphatic hydroxyl groups is 1. The van der Waals surface area contributed by atoms with E-state index >= 15 is 0 Å². The first-order chi connectivity index (χ1) is 5.29. The first-order valence-corrected chi connectivity index (χ1v) is 3.92. The molecule has 0 aliphatic rings. The van der Waals surface area contributed by atoms with Gasteiger partial charge in [-0.15, -0.1) is 0 Å². The van der Waals surface area contributed by atoms with Gasteiger partial charge < -0.3 is 9.67 Å². The molecule has 0 aromatic carbocycles. The molecule has 3 heteroatoms. The summed E-state index contributed by atoms with van der Waals surface area (Å²) in [5, 5.41) is 8.87. The maximum Gasteiger partial charge on any atom is 0.134 e. The standard InChI is InChI=1S/C8H14N2O/c1-3-7(2)10-5-4-9-8(10)6-11/h4-5,7,11H,3,6H2,1-2H3. The number of aromatic nitrogens is 2. The Morgan fingerprint density at radius 3 is 3.00 bits per heavy atom. The van der Waals surface area contributed by atoms with E-state index in [0.29, 0.717) is 6.04 Å². The van der Waals surface area contributed by atoms with E-state index in [1.54, 1.807) is 6.20 Å². The quantitative estimate of drug-likeness (QED) is 0.713. The van der Waals surface area contributed by atoms with Crippen LogP contribution in [0.4, 0.5) is 0 Å². The summed E-state index contributed by atoms with van der Waals surface area (Å²) >= 11 is 0. The number of aliphatic hydroxyl groups excluding tert-OH is 1. The second-order valence-electron chi connectivity index (χ2n) is 2.67. The fraction of sp³-hybridized carbons (Fsp3) is 0.625. The van der Waals surface area contributed by atoms with E-state index in [0.717, 1.165) is 12.2 Å². The first kappa shape index (κ1) is 8.27. The van der Waals surface area contributed by atoms with Crippen LogP contribution in [0.15, 0.2) is 12.4 Å². The Morgan fingerprint density at radius 1 is 1.73 bits per heavy atom. The topological polar surface area (TPSA) is 38.0 Å². The van der Waals surface area contributed by atoms with Crippen molar-refractivity contribution in [3.05, 3.63) is 18.2 Å². The van der Waals surface area contributed by atoms with Crippen LogP contribution in [-0.4, -0.2) is 14.7 Å². The SMILES string of the molecule is CCC(C)n1ccnc1CO. The molecule has 0 saturated heterocycles. The average molecular weight is 154 g/mol. The monoisotopic (exact) mass is 154 g/mol. The molecule has 0 fully saturated rings. The summed E-state index contributed by atoms with van der Waals surface area (Å²) in [6.07, 6.45) is 4.68. The summed E-state index contributed by atoms with van der Waals surface area (Å²) in [5.41, 5.74) is 0. The summed E-state index contributed by atoms with van der Waals surface area (Å²) in [7, 11) is 0. The van der Waals surface area contributed by atoms with Crippen LogP contribution in [0, 0.1) is 0 Å². The predicted molar refractivity (Wildman–Crippen MR) is 43.2 cm³/mol. The molecule has 1 atom stereocenters. The second-order valence-corrected chi connectivity index (χ2v) is 2.67. The van der Waals surface area contributed by atoms with Crippen LogP contribution in [0.25, 0.3) is 0 Å². The number of rotatable bonds is 3. The van der Waals surface area contributed by atoms with Crippen LogP contribution in [0.2, 0.25) is 0 Å². The number of nitrogens with zero attached hydrogens (tertiary/aromatic N) is 2. The molecule has 0 aliphatic heterocycles. The smallest absolute Gasteiger partial charge is 0.134 e. The third-order valence-electron chi connectivity index (χ3n) is 1.96. The molecule has 0 amide bonds. The molecular formula is C8H14N2O. The van der Waals surface area contributed by atoms with E-state index in [2.05, 4.69) is 18.8 Å². The minimum absolute atomic E-state index is 0.0251. The molecule has 3 nitrogen and oxygen atoms in total. The van der Waals surface area contributed by atoms with Gasteiger partial charge in [-0.05, 0) is 13.3 Å². The van der Waals surface area contributed by atoms with Crippen LogP contribution >= 0.6 is 0 Å². The van der Waals surface area contributed by atoms with Gasteiger partial charge in [0, 0.05) is 18.4 Å². The normalized spacial score (nSPS) is 13.4. The first-order valence-electron chi connectivity index (χ1n) is 3.92. The zero-order valence-electron chi connectivity index (χ0n) is 6.99. The Labute approximate surface area is 66.7 Å². The van der Waals surface area contributed by atoms with Gasteiger partial charge in [0.15, 0.2) is 0 Å². The molecule has 0 bridgehead atoms. The highest BCUT2D eigenvalue weighted by Crippen LogP contribution is 2.11. The molecule has 0 saturated carbocycles. The van der Waals surface area contributed by atoms with E-state index in [4.69, 9.17) is 5.11 Å². The summed E-state index contributed by atoms with van der Waals surface area (Å²) in [4.78, 5) is 4.02. The molecule has 1 heterocycles. The summed E-state index contributed by atoms with van der Waals surface area (Å²) in [5.74, 6) is 0.749. The van der Waals surface area contributed by atoms with Crippen molar-refractivity contribution in [1.29, 1.82) is 0 Å². The van der Waals surface area contributed by atoms with E-state index in [1.807, 2.05) is 10.8 Å². The molecule has 62 valence electrons. The van der Waals surface area contributed by atoms with Crippen molar-refractivity contribution >= 4 is 0 Å². The van der Waals surface area contributed by atoms with Crippen LogP contribution in [0.5, 0.6) is 0 Å². The van der Waals surface area contributed by atoms with Crippen molar-refractivity contribution in [2.75, 3.05) is 0 Å². The number of imidazole rings is 1. The van der Waals surface area contributed by atoms with E-state index < -0.39 is 0 Å². The van der Waals surface area contributed by atoms with E-state index in [1.165, 1.54) is 0 Å². The molecule has 0 spiro atoms. The lowest BCUT2D eigenvalue weighted by Gasteiger charge is -2.12. The Balaban J connectivity index is 2.83. The second kappa shape index (κ2) is 3.53. The van der Waals surface area contributed by atoms with Crippen LogP contribution in [0.1, 0.15) is 32.1 Å². The lowest BCUT2D eigenvalue weighted by atomic mass is 10.2. The number of hydrogen-bond acceptors (Lipinski definition) is 2. The Hall–Kier alpha value is -0.830. The summed E-state index contributed by atoms with van der Waals surface area (Å²) < 4.78 is 2.00. The van der Waals surface area contributed by atoms with E-state index in [-0.39, 0.29) is 6.61 Å². The highest BCUT2D eigenvalue weighted by molar-refractivity contribution is 4.92. The minimum atomic E-state index is 0.0251. The third-order valence-corrected chi connectivity index (χ3v) is 1.96. The molecule has 11 heavy (non-hydrogen) atoms. The van der Waals surface area contributed by atoms with Gasteiger partial charge in [0.2, 0.25) is 0 Å². The third kappa shape index (κ3) is 1.60. The molecule has 1 unspecified atom stereocenters. The van der Waals surface area contributed by atoms with Crippen LogP contribution in [0.3, 0.4) is 0 Å². The van der Waals surface area contributed by atoms with Gasteiger partial charge in [0.25, 0.3) is 0 Å². The van der Waals surface area contributed by atoms with Crippen molar-refractivity contribution in [1.82, 2.24) is 9.55 Å². The molecule has 1 rings (SSSR count). The van der Waals surface area contributed by atoms with Gasteiger partial charge in [-0.3, -0.25) is 0 Å². The van der Waals surface area contributed by atoms with Crippen molar-refractivity contribution in [3.63, 3.8) is 0 Å². The fourth-order valence-electron chi connectivity index (χ4n) is 1.06. The highest BCUT2D eigenvalue weighted by Gasteiger charge is 2.05. The summed E-state index contributed by atoms with van der Waals surface area (Å²) in [6.45, 7) is 4.25. The highest BCUT2D eigenvalue weighted by atomic mass is 16.3. The van der Waals surface area contributed by atoms with Crippen molar-refractivity contribution in [3.8, 4) is 0 Å². The molecule has 0 aliphatic carbocycles. The van der Waals surface area contributed by atoms with Crippen molar-refractivity contribution in [2.24, 2.45) is 0 Å². The lowest BCUT2D eigenvalue weighted by molar-refractivity contribution is 0.261. The van der Waals surface area contributed by atoms with Crippen LogP contribution < -0.4 is 0 Å². The summed E-state index contributed by atoms with van der Waals surface area (Å²) in [6, 6.07) is 0.430. The fourth-order valence-corrected chi connectivity index (χ4v) is 1.06. The van der Waals surface area contributed by atoms with Gasteiger partial charge in [-0.2, -0.15) is 0 Å². The number of hydrogen-bond donors (Lipinski definition) is 1. The minimum Gasteiger partial charge on any atom is -0.388 e. The van der Waals surface area contributed by atoms with Crippen LogP contribution in [-0.2, 0) is 6.61 Å². The Morgan fingerprint density at radius 2 is 2.45 bits per heavy atom. The van der Waals surface area contributed by atoms with Gasteiger partial charge in [-0.1, -0.05) is 6.92 Å². The van der Waals surface area contributed by atoms with Crippen molar-refractivity contribution < 1.29 is 5.11 Å². The molecule has 1 aromatic rings. The Kier molecular flexibility index (Phi) is 2.65. The molecule has 0 radical (unpaired) electrons. The molecular weight excluding hydrogens is 140 g/mol. The zero-order valence-corrected chi connectivity index (χ0v) is 6.99. The molecule has 1 aromatic heterocycles. The van der Waals surface area contributed by atoms with Gasteiger partial charge in [-0.25, -0.2) is 4.98 Å². The average Bonchev–Trinajstić information content (AvgIpc) is 2.50. The van der Waals surface area contributed by atoms with Crippen molar-refractivity contribution in [2.45, 2.75) is 32.9 Å². The Bertz CT molecular complexity index is 220. The zero-order chi connectivity index (χ0) is 8.27. The van der Waals surface area contributed by atoms with E-state index in [9.17, 15) is 0 Å². The van der Waals surface area contributed by atoms with Gasteiger partial charge in [0.1, 0.15) is 12.4 Å². The van der Waals surface area contributed by atoms with Gasteiger partial charge >= 0.3 is 0 Å². The maximum atomic E-state index is 8.87. The maximum absolute atomic E-state index is 8.87. The molecule has 1 N–H and O–H groups in total. The van der Waals surface area contributed by atoms with Gasteiger partial charge in [0.05, 0.1) is 0 Å². The lowest BCUT2D eigenvalue weighted by Crippen LogP contribution is -2.07. The largest absolute Gasteiger partial charge is 0.388 e.